The molecule has 3 rings (SSSR count). The van der Waals surface area contributed by atoms with Crippen LogP contribution in [0.1, 0.15) is 13.3 Å². The van der Waals surface area contributed by atoms with Crippen LogP contribution in [-0.4, -0.2) is 86.1 Å². The van der Waals surface area contributed by atoms with E-state index in [-0.39, 0.29) is 0 Å². The molecule has 2 aliphatic heterocycles. The van der Waals surface area contributed by atoms with Gasteiger partial charge in [-0.3, -0.25) is 9.69 Å². The summed E-state index contributed by atoms with van der Waals surface area (Å²) in [5, 5.41) is 0. The maximum absolute atomic E-state index is 12.4. The summed E-state index contributed by atoms with van der Waals surface area (Å²) in [6.07, 6.45) is 0.664. The number of hydrogen-bond acceptors (Lipinski definition) is 4. The molecule has 1 aromatic rings. The Kier molecular flexibility index (Phi) is 6.10. The SMILES string of the molecule is CCN1CCN(C(=O)CCN2CCN(c3ccccc3)CC2)CC1. The number of amides is 1. The fourth-order valence-corrected chi connectivity index (χ4v) is 3.59. The molecular formula is C19H30N4O. The zero-order chi connectivity index (χ0) is 16.8. The lowest BCUT2D eigenvalue weighted by atomic mass is 10.2. The van der Waals surface area contributed by atoms with Gasteiger partial charge in [0.2, 0.25) is 5.91 Å². The molecule has 1 aromatic carbocycles. The molecule has 2 heterocycles. The number of piperazine rings is 2. The van der Waals surface area contributed by atoms with Crippen molar-refractivity contribution in [2.24, 2.45) is 0 Å². The van der Waals surface area contributed by atoms with Gasteiger partial charge in [-0.05, 0) is 18.7 Å². The number of anilines is 1. The summed E-state index contributed by atoms with van der Waals surface area (Å²) < 4.78 is 0. The van der Waals surface area contributed by atoms with E-state index in [0.29, 0.717) is 12.3 Å². The lowest BCUT2D eigenvalue weighted by molar-refractivity contribution is -0.133. The summed E-state index contributed by atoms with van der Waals surface area (Å²) in [5.74, 6) is 0.330. The molecule has 0 unspecified atom stereocenters. The first-order chi connectivity index (χ1) is 11.8. The van der Waals surface area contributed by atoms with E-state index in [1.165, 1.54) is 5.69 Å². The number of carbonyl (C=O) groups is 1. The normalized spacial score (nSPS) is 20.4. The van der Waals surface area contributed by atoms with Crippen LogP contribution < -0.4 is 4.90 Å². The first-order valence-corrected chi connectivity index (χ1v) is 9.28. The third-order valence-corrected chi connectivity index (χ3v) is 5.31. The zero-order valence-corrected chi connectivity index (χ0v) is 14.9. The van der Waals surface area contributed by atoms with Crippen LogP contribution in [0.15, 0.2) is 30.3 Å². The van der Waals surface area contributed by atoms with Crippen molar-refractivity contribution in [3.05, 3.63) is 30.3 Å². The van der Waals surface area contributed by atoms with E-state index in [1.807, 2.05) is 4.90 Å². The molecule has 24 heavy (non-hydrogen) atoms. The minimum Gasteiger partial charge on any atom is -0.369 e. The van der Waals surface area contributed by atoms with Gasteiger partial charge >= 0.3 is 0 Å². The van der Waals surface area contributed by atoms with E-state index in [1.54, 1.807) is 0 Å². The fraction of sp³-hybridized carbons (Fsp3) is 0.632. The average Bonchev–Trinajstić information content (AvgIpc) is 2.67. The highest BCUT2D eigenvalue weighted by atomic mass is 16.2. The molecule has 0 aliphatic carbocycles. The van der Waals surface area contributed by atoms with Gasteiger partial charge in [0.25, 0.3) is 0 Å². The van der Waals surface area contributed by atoms with E-state index in [9.17, 15) is 4.79 Å². The van der Waals surface area contributed by atoms with Crippen molar-refractivity contribution in [1.29, 1.82) is 0 Å². The van der Waals surface area contributed by atoms with Gasteiger partial charge in [-0.15, -0.1) is 0 Å². The molecule has 2 fully saturated rings. The van der Waals surface area contributed by atoms with Crippen molar-refractivity contribution < 1.29 is 4.79 Å². The molecule has 0 saturated carbocycles. The number of nitrogens with zero attached hydrogens (tertiary/aromatic N) is 4. The van der Waals surface area contributed by atoms with Gasteiger partial charge in [0.1, 0.15) is 0 Å². The van der Waals surface area contributed by atoms with Crippen LogP contribution in [0.3, 0.4) is 0 Å². The Hall–Kier alpha value is -1.59. The van der Waals surface area contributed by atoms with E-state index >= 15 is 0 Å². The Balaban J connectivity index is 1.37. The van der Waals surface area contributed by atoms with Crippen LogP contribution in [0.2, 0.25) is 0 Å². The van der Waals surface area contributed by atoms with Crippen LogP contribution in [0, 0.1) is 0 Å². The summed E-state index contributed by atoms with van der Waals surface area (Å²) in [4.78, 5) is 21.7. The number of hydrogen-bond donors (Lipinski definition) is 0. The predicted molar refractivity (Wildman–Crippen MR) is 98.4 cm³/mol. The molecular weight excluding hydrogens is 300 g/mol. The van der Waals surface area contributed by atoms with Crippen molar-refractivity contribution in [3.63, 3.8) is 0 Å². The third kappa shape index (κ3) is 4.48. The summed E-state index contributed by atoms with van der Waals surface area (Å²) in [6.45, 7) is 12.2. The summed E-state index contributed by atoms with van der Waals surface area (Å²) in [7, 11) is 0. The van der Waals surface area contributed by atoms with Crippen molar-refractivity contribution in [2.45, 2.75) is 13.3 Å². The molecule has 0 aromatic heterocycles. The summed E-state index contributed by atoms with van der Waals surface area (Å²) in [6, 6.07) is 10.6. The molecule has 5 nitrogen and oxygen atoms in total. The molecule has 5 heteroatoms. The first-order valence-electron chi connectivity index (χ1n) is 9.28. The maximum atomic E-state index is 12.4. The van der Waals surface area contributed by atoms with Gasteiger partial charge in [-0.1, -0.05) is 25.1 Å². The van der Waals surface area contributed by atoms with Crippen molar-refractivity contribution in [1.82, 2.24) is 14.7 Å². The monoisotopic (exact) mass is 330 g/mol. The van der Waals surface area contributed by atoms with E-state index in [2.05, 4.69) is 52.0 Å². The second-order valence-electron chi connectivity index (χ2n) is 6.73. The second kappa shape index (κ2) is 8.49. The highest BCUT2D eigenvalue weighted by molar-refractivity contribution is 5.76. The standard InChI is InChI=1S/C19H30N4O/c1-2-20-10-16-23(17-11-20)19(24)8-9-21-12-14-22(15-13-21)18-6-4-3-5-7-18/h3-7H,2,8-17H2,1H3. The lowest BCUT2D eigenvalue weighted by Gasteiger charge is -2.37. The largest absolute Gasteiger partial charge is 0.369 e. The molecule has 132 valence electrons. The van der Waals surface area contributed by atoms with E-state index in [4.69, 9.17) is 0 Å². The van der Waals surface area contributed by atoms with E-state index < -0.39 is 0 Å². The number of rotatable bonds is 5. The van der Waals surface area contributed by atoms with Gasteiger partial charge < -0.3 is 14.7 Å². The van der Waals surface area contributed by atoms with Crippen LogP contribution in [0.5, 0.6) is 0 Å². The average molecular weight is 330 g/mol. The molecule has 0 N–H and O–H groups in total. The fourth-order valence-electron chi connectivity index (χ4n) is 3.59. The van der Waals surface area contributed by atoms with Crippen LogP contribution in [-0.2, 0) is 4.79 Å². The van der Waals surface area contributed by atoms with Gasteiger partial charge in [0, 0.05) is 71.0 Å². The Bertz CT molecular complexity index is 505. The van der Waals surface area contributed by atoms with Crippen LogP contribution in [0.4, 0.5) is 5.69 Å². The number of carbonyl (C=O) groups excluding carboxylic acids is 1. The maximum Gasteiger partial charge on any atom is 0.223 e. The molecule has 0 bridgehead atoms. The Morgan fingerprint density at radius 3 is 2.12 bits per heavy atom. The van der Waals surface area contributed by atoms with Crippen LogP contribution >= 0.6 is 0 Å². The smallest absolute Gasteiger partial charge is 0.223 e. The molecule has 0 radical (unpaired) electrons. The topological polar surface area (TPSA) is 30.0 Å². The Morgan fingerprint density at radius 1 is 0.875 bits per heavy atom. The highest BCUT2D eigenvalue weighted by Gasteiger charge is 2.22. The van der Waals surface area contributed by atoms with Gasteiger partial charge in [0.15, 0.2) is 0 Å². The Morgan fingerprint density at radius 2 is 1.50 bits per heavy atom. The lowest BCUT2D eigenvalue weighted by Crippen LogP contribution is -2.50. The zero-order valence-electron chi connectivity index (χ0n) is 14.9. The number of likely N-dealkylation sites (N-methyl/N-ethyl adjacent to an activating group) is 1. The molecule has 1 amide bonds. The quantitative estimate of drug-likeness (QED) is 0.816. The third-order valence-electron chi connectivity index (χ3n) is 5.31. The number of benzene rings is 1. The highest BCUT2D eigenvalue weighted by Crippen LogP contribution is 2.15. The van der Waals surface area contributed by atoms with Gasteiger partial charge in [-0.2, -0.15) is 0 Å². The van der Waals surface area contributed by atoms with Crippen molar-refractivity contribution in [2.75, 3.05) is 70.3 Å². The first kappa shape index (κ1) is 17.2. The summed E-state index contributed by atoms with van der Waals surface area (Å²) in [5.41, 5.74) is 1.31. The number of para-hydroxylation sites is 1. The van der Waals surface area contributed by atoms with Crippen molar-refractivity contribution >= 4 is 11.6 Å². The molecule has 2 saturated heterocycles. The van der Waals surface area contributed by atoms with Crippen LogP contribution in [0.25, 0.3) is 0 Å². The predicted octanol–water partition coefficient (Wildman–Crippen LogP) is 1.36. The molecule has 0 spiro atoms. The van der Waals surface area contributed by atoms with Crippen molar-refractivity contribution in [3.8, 4) is 0 Å². The minimum atomic E-state index is 0.330. The summed E-state index contributed by atoms with van der Waals surface area (Å²) >= 11 is 0. The van der Waals surface area contributed by atoms with Gasteiger partial charge in [-0.25, -0.2) is 0 Å². The second-order valence-corrected chi connectivity index (χ2v) is 6.73. The minimum absolute atomic E-state index is 0.330. The molecule has 2 aliphatic rings. The Labute approximate surface area is 145 Å². The van der Waals surface area contributed by atoms with E-state index in [0.717, 1.165) is 65.4 Å². The molecule has 0 atom stereocenters. The van der Waals surface area contributed by atoms with Gasteiger partial charge in [0.05, 0.1) is 0 Å².